The van der Waals surface area contributed by atoms with Crippen LogP contribution >= 0.6 is 0 Å². The third kappa shape index (κ3) is 5.45. The van der Waals surface area contributed by atoms with E-state index >= 15 is 0 Å². The van der Waals surface area contributed by atoms with Gasteiger partial charge < -0.3 is 24.4 Å². The molecular weight excluding hydrogens is 476 g/mol. The minimum absolute atomic E-state index is 0.120. The topological polar surface area (TPSA) is 62.2 Å². The summed E-state index contributed by atoms with van der Waals surface area (Å²) in [5.41, 5.74) is 5.52. The zero-order chi connectivity index (χ0) is 26.9. The van der Waals surface area contributed by atoms with Gasteiger partial charge in [-0.3, -0.25) is 0 Å². The molecule has 6 heteroatoms. The number of benzene rings is 3. The molecule has 0 bridgehead atoms. The van der Waals surface area contributed by atoms with E-state index in [1.807, 2.05) is 26.8 Å². The molecule has 2 aliphatic rings. The lowest BCUT2D eigenvalue weighted by Crippen LogP contribution is -2.50. The fourth-order valence-corrected chi connectivity index (χ4v) is 5.88. The Morgan fingerprint density at radius 1 is 0.921 bits per heavy atom. The second-order valence-corrected chi connectivity index (χ2v) is 11.3. The maximum absolute atomic E-state index is 12.5. The van der Waals surface area contributed by atoms with Crippen molar-refractivity contribution in [1.82, 2.24) is 4.90 Å². The first-order chi connectivity index (χ1) is 18.2. The van der Waals surface area contributed by atoms with E-state index in [2.05, 4.69) is 59.5 Å². The number of carbonyl (C=O) groups is 1. The van der Waals surface area contributed by atoms with Crippen LogP contribution in [0.25, 0.3) is 0 Å². The molecule has 1 N–H and O–H groups in total. The number of nitrogens with zero attached hydrogens (tertiary/aromatic N) is 2. The van der Waals surface area contributed by atoms with Gasteiger partial charge in [0.15, 0.2) is 0 Å². The van der Waals surface area contributed by atoms with Crippen LogP contribution in [0.15, 0.2) is 66.7 Å². The molecule has 0 saturated carbocycles. The molecule has 1 aliphatic carbocycles. The lowest BCUT2D eigenvalue weighted by molar-refractivity contribution is 0.0240. The maximum atomic E-state index is 12.5. The van der Waals surface area contributed by atoms with Gasteiger partial charge in [0.25, 0.3) is 0 Å². The number of hydrogen-bond donors (Lipinski definition) is 1. The summed E-state index contributed by atoms with van der Waals surface area (Å²) in [6.07, 6.45) is 1.68. The first kappa shape index (κ1) is 26.0. The Morgan fingerprint density at radius 3 is 2.32 bits per heavy atom. The number of aryl methyl sites for hydroxylation is 1. The Balaban J connectivity index is 1.43. The van der Waals surface area contributed by atoms with E-state index in [0.29, 0.717) is 24.8 Å². The minimum Gasteiger partial charge on any atom is -0.508 e. The molecule has 1 saturated heterocycles. The number of fused-ring (bicyclic) bond motifs is 1. The van der Waals surface area contributed by atoms with E-state index in [4.69, 9.17) is 9.47 Å². The molecule has 5 rings (SSSR count). The number of hydrogen-bond acceptors (Lipinski definition) is 5. The van der Waals surface area contributed by atoms with Crippen LogP contribution in [0.5, 0.6) is 11.5 Å². The second-order valence-electron chi connectivity index (χ2n) is 11.3. The highest BCUT2D eigenvalue weighted by atomic mass is 16.6. The summed E-state index contributed by atoms with van der Waals surface area (Å²) in [6, 6.07) is 23.0. The van der Waals surface area contributed by atoms with Gasteiger partial charge >= 0.3 is 6.09 Å². The summed E-state index contributed by atoms with van der Waals surface area (Å²) in [4.78, 5) is 16.6. The van der Waals surface area contributed by atoms with Crippen LogP contribution < -0.4 is 9.64 Å². The maximum Gasteiger partial charge on any atom is 0.410 e. The number of rotatable bonds is 4. The molecule has 1 fully saturated rings. The molecular formula is C32H38N2O4. The number of methoxy groups -OCH3 is 1. The SMILES string of the molecule is COc1cc(N2CCN(C(=O)OC(C)(C)C)CC2)ccc1C1c2ccc(O)cc2CCC1c1ccccc1. The van der Waals surface area contributed by atoms with Crippen molar-refractivity contribution in [3.05, 3.63) is 89.0 Å². The van der Waals surface area contributed by atoms with E-state index in [9.17, 15) is 9.90 Å². The van der Waals surface area contributed by atoms with Crippen LogP contribution in [-0.2, 0) is 11.2 Å². The van der Waals surface area contributed by atoms with Crippen molar-refractivity contribution in [3.8, 4) is 11.5 Å². The highest BCUT2D eigenvalue weighted by molar-refractivity contribution is 5.69. The summed E-state index contributed by atoms with van der Waals surface area (Å²) < 4.78 is 11.6. The van der Waals surface area contributed by atoms with E-state index in [-0.39, 0.29) is 12.0 Å². The predicted octanol–water partition coefficient (Wildman–Crippen LogP) is 6.32. The molecule has 2 atom stereocenters. The number of phenolic OH excluding ortho intramolecular Hbond substituents is 1. The molecule has 2 unspecified atom stereocenters. The van der Waals surface area contributed by atoms with Crippen molar-refractivity contribution in [2.24, 2.45) is 0 Å². The molecule has 1 amide bonds. The summed E-state index contributed by atoms with van der Waals surface area (Å²) in [7, 11) is 1.74. The van der Waals surface area contributed by atoms with Crippen LogP contribution in [0.3, 0.4) is 0 Å². The van der Waals surface area contributed by atoms with Crippen LogP contribution in [0.1, 0.15) is 61.3 Å². The van der Waals surface area contributed by atoms with E-state index < -0.39 is 5.60 Å². The minimum atomic E-state index is -0.495. The predicted molar refractivity (Wildman–Crippen MR) is 150 cm³/mol. The van der Waals surface area contributed by atoms with Gasteiger partial charge in [0.2, 0.25) is 0 Å². The monoisotopic (exact) mass is 514 g/mol. The molecule has 0 radical (unpaired) electrons. The summed E-state index contributed by atoms with van der Waals surface area (Å²) in [6.45, 7) is 8.39. The molecule has 1 heterocycles. The number of phenols is 1. The fourth-order valence-electron chi connectivity index (χ4n) is 5.88. The Hall–Kier alpha value is -3.67. The number of ether oxygens (including phenoxy) is 2. The molecule has 6 nitrogen and oxygen atoms in total. The Labute approximate surface area is 225 Å². The average molecular weight is 515 g/mol. The highest BCUT2D eigenvalue weighted by Crippen LogP contribution is 2.49. The quantitative estimate of drug-likeness (QED) is 0.441. The Kier molecular flexibility index (Phi) is 7.24. The van der Waals surface area contributed by atoms with Gasteiger partial charge in [0, 0.05) is 49.4 Å². The molecule has 38 heavy (non-hydrogen) atoms. The summed E-state index contributed by atoms with van der Waals surface area (Å²) >= 11 is 0. The van der Waals surface area contributed by atoms with Gasteiger partial charge in [0.1, 0.15) is 17.1 Å². The molecule has 0 aromatic heterocycles. The second kappa shape index (κ2) is 10.6. The van der Waals surface area contributed by atoms with Crippen molar-refractivity contribution >= 4 is 11.8 Å². The molecule has 0 spiro atoms. The van der Waals surface area contributed by atoms with Crippen molar-refractivity contribution in [2.45, 2.75) is 51.0 Å². The summed E-state index contributed by atoms with van der Waals surface area (Å²) in [5, 5.41) is 10.2. The standard InChI is InChI=1S/C32H38N2O4/c1-32(2,3)38-31(36)34-18-16-33(17-19-34)24-11-14-28(29(21-24)37-4)30-26(22-8-6-5-7-9-22)13-10-23-20-25(35)12-15-27(23)30/h5-9,11-12,14-15,20-21,26,30,35H,10,13,16-19H2,1-4H3. The van der Waals surface area contributed by atoms with E-state index in [1.54, 1.807) is 18.1 Å². The normalized spacial score (nSPS) is 19.6. The zero-order valence-electron chi connectivity index (χ0n) is 22.8. The van der Waals surface area contributed by atoms with Gasteiger partial charge in [-0.15, -0.1) is 0 Å². The lowest BCUT2D eigenvalue weighted by Gasteiger charge is -2.38. The first-order valence-corrected chi connectivity index (χ1v) is 13.5. The van der Waals surface area contributed by atoms with Crippen molar-refractivity contribution in [3.63, 3.8) is 0 Å². The smallest absolute Gasteiger partial charge is 0.410 e. The molecule has 3 aromatic rings. The van der Waals surface area contributed by atoms with Gasteiger partial charge in [0.05, 0.1) is 7.11 Å². The largest absolute Gasteiger partial charge is 0.508 e. The fraction of sp³-hybridized carbons (Fsp3) is 0.406. The van der Waals surface area contributed by atoms with Crippen LogP contribution in [0.4, 0.5) is 10.5 Å². The van der Waals surface area contributed by atoms with Crippen molar-refractivity contribution < 1.29 is 19.4 Å². The van der Waals surface area contributed by atoms with E-state index in [0.717, 1.165) is 42.9 Å². The van der Waals surface area contributed by atoms with E-state index in [1.165, 1.54) is 16.7 Å². The first-order valence-electron chi connectivity index (χ1n) is 13.5. The molecule has 1 aliphatic heterocycles. The third-order valence-corrected chi connectivity index (χ3v) is 7.67. The number of carbonyl (C=O) groups excluding carboxylic acids is 1. The van der Waals surface area contributed by atoms with Gasteiger partial charge in [-0.1, -0.05) is 42.5 Å². The van der Waals surface area contributed by atoms with Gasteiger partial charge in [-0.05, 0) is 74.4 Å². The highest BCUT2D eigenvalue weighted by Gasteiger charge is 2.34. The summed E-state index contributed by atoms with van der Waals surface area (Å²) in [5.74, 6) is 1.61. The number of anilines is 1. The van der Waals surface area contributed by atoms with Gasteiger partial charge in [-0.25, -0.2) is 4.79 Å². The van der Waals surface area contributed by atoms with Crippen molar-refractivity contribution in [1.29, 1.82) is 0 Å². The van der Waals surface area contributed by atoms with Crippen molar-refractivity contribution in [2.75, 3.05) is 38.2 Å². The Morgan fingerprint density at radius 2 is 1.63 bits per heavy atom. The number of piperazine rings is 1. The van der Waals surface area contributed by atoms with Crippen LogP contribution in [-0.4, -0.2) is 55.0 Å². The van der Waals surface area contributed by atoms with Crippen LogP contribution in [0, 0.1) is 0 Å². The lowest BCUT2D eigenvalue weighted by atomic mass is 9.69. The molecule has 3 aromatic carbocycles. The third-order valence-electron chi connectivity index (χ3n) is 7.67. The number of amides is 1. The van der Waals surface area contributed by atoms with Gasteiger partial charge in [-0.2, -0.15) is 0 Å². The van der Waals surface area contributed by atoms with Crippen LogP contribution in [0.2, 0.25) is 0 Å². The Bertz CT molecular complexity index is 1280. The number of aromatic hydroxyl groups is 1. The average Bonchev–Trinajstić information content (AvgIpc) is 2.91. The zero-order valence-corrected chi connectivity index (χ0v) is 22.8. The molecule has 200 valence electrons.